The van der Waals surface area contributed by atoms with E-state index in [4.69, 9.17) is 4.74 Å². The maximum atomic E-state index is 12.8. The molecular weight excluding hydrogens is 288 g/mol. The van der Waals surface area contributed by atoms with Gasteiger partial charge >= 0.3 is 6.09 Å². The van der Waals surface area contributed by atoms with Gasteiger partial charge in [-0.05, 0) is 57.7 Å². The molecule has 2 rings (SSSR count). The number of hydrogen-bond donors (Lipinski definition) is 1. The van der Waals surface area contributed by atoms with E-state index in [2.05, 4.69) is 58.1 Å². The summed E-state index contributed by atoms with van der Waals surface area (Å²) >= 11 is 0. The van der Waals surface area contributed by atoms with Crippen molar-refractivity contribution in [2.75, 3.05) is 16.8 Å². The maximum Gasteiger partial charge on any atom is 0.415 e. The first kappa shape index (κ1) is 17.6. The average Bonchev–Trinajstić information content (AvgIpc) is 2.33. The zero-order chi connectivity index (χ0) is 17.6. The van der Waals surface area contributed by atoms with E-state index in [-0.39, 0.29) is 17.0 Å². The molecule has 1 heterocycles. The first-order valence-corrected chi connectivity index (χ1v) is 8.23. The normalized spacial score (nSPS) is 17.3. The Morgan fingerprint density at radius 3 is 2.30 bits per heavy atom. The van der Waals surface area contributed by atoms with Gasteiger partial charge in [0.05, 0.1) is 16.9 Å². The Kier molecular flexibility index (Phi) is 4.16. The van der Waals surface area contributed by atoms with Crippen LogP contribution in [0.2, 0.25) is 0 Å². The number of hydrogen-bond acceptors (Lipinski definition) is 3. The molecule has 4 heteroatoms. The molecule has 1 aliphatic rings. The Hall–Kier alpha value is -1.71. The minimum atomic E-state index is -0.514. The van der Waals surface area contributed by atoms with Gasteiger partial charge in [0.15, 0.2) is 0 Å². The molecule has 0 aliphatic carbocycles. The molecule has 0 atom stereocenters. The van der Waals surface area contributed by atoms with E-state index in [1.807, 2.05) is 20.8 Å². The molecule has 1 aliphatic heterocycles. The highest BCUT2D eigenvalue weighted by molar-refractivity contribution is 5.95. The van der Waals surface area contributed by atoms with Crippen molar-refractivity contribution in [3.05, 3.63) is 23.8 Å². The van der Waals surface area contributed by atoms with Crippen LogP contribution in [0.5, 0.6) is 0 Å². The van der Waals surface area contributed by atoms with Crippen LogP contribution >= 0.6 is 0 Å². The predicted molar refractivity (Wildman–Crippen MR) is 96.4 cm³/mol. The van der Waals surface area contributed by atoms with Crippen LogP contribution in [0.3, 0.4) is 0 Å². The number of fused-ring (bicyclic) bond motifs is 1. The molecule has 0 saturated heterocycles. The second-order valence-corrected chi connectivity index (χ2v) is 8.96. The number of ether oxygens (including phenoxy) is 1. The minimum Gasteiger partial charge on any atom is -0.443 e. The molecule has 0 aromatic heterocycles. The van der Waals surface area contributed by atoms with Gasteiger partial charge in [-0.1, -0.05) is 26.8 Å². The lowest BCUT2D eigenvalue weighted by atomic mass is 9.85. The van der Waals surface area contributed by atoms with Crippen molar-refractivity contribution in [2.45, 2.75) is 71.9 Å². The third kappa shape index (κ3) is 3.80. The summed E-state index contributed by atoms with van der Waals surface area (Å²) in [5.41, 5.74) is 2.22. The quantitative estimate of drug-likeness (QED) is 0.737. The molecular formula is C19H30N2O2. The van der Waals surface area contributed by atoms with Crippen LogP contribution in [-0.4, -0.2) is 23.8 Å². The number of amides is 1. The molecule has 0 spiro atoms. The Balaban J connectivity index is 2.51. The summed E-state index contributed by atoms with van der Waals surface area (Å²) in [5, 5.41) is 3.43. The largest absolute Gasteiger partial charge is 0.443 e. The Morgan fingerprint density at radius 1 is 1.17 bits per heavy atom. The van der Waals surface area contributed by atoms with E-state index in [1.54, 1.807) is 4.90 Å². The van der Waals surface area contributed by atoms with Gasteiger partial charge in [-0.3, -0.25) is 4.90 Å². The molecule has 1 amide bonds. The summed E-state index contributed by atoms with van der Waals surface area (Å²) in [6.07, 6.45) is -0.295. The summed E-state index contributed by atoms with van der Waals surface area (Å²) in [6.45, 7) is 17.0. The summed E-state index contributed by atoms with van der Waals surface area (Å²) in [6, 6.07) is 6.28. The smallest absolute Gasteiger partial charge is 0.415 e. The molecule has 4 nitrogen and oxygen atoms in total. The number of nitrogens with zero attached hydrogens (tertiary/aromatic N) is 1. The summed E-state index contributed by atoms with van der Waals surface area (Å²) in [5.74, 6) is 0. The molecule has 0 saturated carbocycles. The summed E-state index contributed by atoms with van der Waals surface area (Å²) in [7, 11) is 0. The van der Waals surface area contributed by atoms with Gasteiger partial charge in [0.25, 0.3) is 0 Å². The zero-order valence-corrected chi connectivity index (χ0v) is 15.7. The maximum absolute atomic E-state index is 12.8. The fraction of sp³-hybridized carbons (Fsp3) is 0.632. The highest BCUT2D eigenvalue weighted by atomic mass is 16.6. The van der Waals surface area contributed by atoms with Gasteiger partial charge < -0.3 is 10.1 Å². The van der Waals surface area contributed by atoms with Crippen LogP contribution < -0.4 is 10.2 Å². The van der Waals surface area contributed by atoms with Crippen LogP contribution in [0.1, 0.15) is 61.0 Å². The first-order valence-electron chi connectivity index (χ1n) is 8.23. The molecule has 128 valence electrons. The van der Waals surface area contributed by atoms with Crippen molar-refractivity contribution in [2.24, 2.45) is 0 Å². The van der Waals surface area contributed by atoms with Crippen LogP contribution in [0.4, 0.5) is 16.2 Å². The van der Waals surface area contributed by atoms with E-state index in [0.29, 0.717) is 6.54 Å². The number of rotatable bonds is 0. The molecule has 1 aromatic rings. The van der Waals surface area contributed by atoms with Crippen LogP contribution in [0.25, 0.3) is 0 Å². The number of anilines is 2. The molecule has 0 radical (unpaired) electrons. The van der Waals surface area contributed by atoms with E-state index >= 15 is 0 Å². The van der Waals surface area contributed by atoms with Gasteiger partial charge in [0, 0.05) is 6.54 Å². The van der Waals surface area contributed by atoms with Gasteiger partial charge in [-0.25, -0.2) is 4.79 Å². The fourth-order valence-corrected chi connectivity index (χ4v) is 2.70. The summed E-state index contributed by atoms with van der Waals surface area (Å²) < 4.78 is 5.65. The lowest BCUT2D eigenvalue weighted by Crippen LogP contribution is -2.56. The Bertz CT molecular complexity index is 607. The van der Waals surface area contributed by atoms with Crippen LogP contribution in [0, 0.1) is 0 Å². The summed E-state index contributed by atoms with van der Waals surface area (Å²) in [4.78, 5) is 14.6. The van der Waals surface area contributed by atoms with Gasteiger partial charge in [-0.15, -0.1) is 0 Å². The van der Waals surface area contributed by atoms with Crippen LogP contribution in [0.15, 0.2) is 18.2 Å². The van der Waals surface area contributed by atoms with Gasteiger partial charge in [0.2, 0.25) is 0 Å². The van der Waals surface area contributed by atoms with Crippen LogP contribution in [-0.2, 0) is 10.2 Å². The van der Waals surface area contributed by atoms with Crippen molar-refractivity contribution >= 4 is 17.5 Å². The van der Waals surface area contributed by atoms with Gasteiger partial charge in [0.1, 0.15) is 5.60 Å². The standard InChI is InChI=1S/C19H30N2O2/c1-17(2,3)13-9-10-14-15(11-13)21(19(7,8)12-20-14)16(22)23-18(4,5)6/h9-11,20H,12H2,1-8H3. The molecule has 0 bridgehead atoms. The van der Waals surface area contributed by atoms with E-state index in [0.717, 1.165) is 11.4 Å². The highest BCUT2D eigenvalue weighted by Gasteiger charge is 2.40. The van der Waals surface area contributed by atoms with Crippen molar-refractivity contribution in [1.82, 2.24) is 0 Å². The number of nitrogens with one attached hydrogen (secondary N) is 1. The van der Waals surface area contributed by atoms with Crippen molar-refractivity contribution in [3.63, 3.8) is 0 Å². The SMILES string of the molecule is CC(C)(C)OC(=O)N1c2cc(C(C)(C)C)ccc2NCC1(C)C. The lowest BCUT2D eigenvalue weighted by molar-refractivity contribution is 0.0546. The second-order valence-electron chi connectivity index (χ2n) is 8.96. The fourth-order valence-electron chi connectivity index (χ4n) is 2.70. The minimum absolute atomic E-state index is 0.0240. The first-order chi connectivity index (χ1) is 10.3. The Morgan fingerprint density at radius 2 is 1.78 bits per heavy atom. The van der Waals surface area contributed by atoms with Crippen molar-refractivity contribution < 1.29 is 9.53 Å². The predicted octanol–water partition coefficient (Wildman–Crippen LogP) is 4.93. The molecule has 0 unspecified atom stereocenters. The van der Waals surface area contributed by atoms with Gasteiger partial charge in [-0.2, -0.15) is 0 Å². The molecule has 1 N–H and O–H groups in total. The third-order valence-electron chi connectivity index (χ3n) is 4.00. The topological polar surface area (TPSA) is 41.6 Å². The van der Waals surface area contributed by atoms with Crippen molar-refractivity contribution in [3.8, 4) is 0 Å². The number of carbonyl (C=O) groups excluding carboxylic acids is 1. The third-order valence-corrected chi connectivity index (χ3v) is 4.00. The Labute approximate surface area is 140 Å². The van der Waals surface area contributed by atoms with E-state index in [1.165, 1.54) is 5.56 Å². The van der Waals surface area contributed by atoms with Crippen molar-refractivity contribution in [1.29, 1.82) is 0 Å². The molecule has 0 fully saturated rings. The molecule has 1 aromatic carbocycles. The van der Waals surface area contributed by atoms with E-state index in [9.17, 15) is 4.79 Å². The zero-order valence-electron chi connectivity index (χ0n) is 15.7. The second kappa shape index (κ2) is 5.43. The number of benzene rings is 1. The highest BCUT2D eigenvalue weighted by Crippen LogP contribution is 2.39. The van der Waals surface area contributed by atoms with E-state index < -0.39 is 5.60 Å². The lowest BCUT2D eigenvalue weighted by Gasteiger charge is -2.44. The monoisotopic (exact) mass is 318 g/mol. The number of carbonyl (C=O) groups is 1. The average molecular weight is 318 g/mol. The molecule has 23 heavy (non-hydrogen) atoms.